The molecule has 14 heavy (non-hydrogen) atoms. The van der Waals surface area contributed by atoms with Gasteiger partial charge in [-0.15, -0.1) is 11.3 Å². The molecule has 1 aromatic heterocycles. The van der Waals surface area contributed by atoms with Crippen molar-refractivity contribution in [2.75, 3.05) is 0 Å². The fraction of sp³-hybridized carbons (Fsp3) is 0.583. The van der Waals surface area contributed by atoms with Gasteiger partial charge in [0.1, 0.15) is 0 Å². The van der Waals surface area contributed by atoms with E-state index in [1.807, 2.05) is 17.5 Å². The third kappa shape index (κ3) is 2.44. The third-order valence-corrected chi connectivity index (χ3v) is 3.71. The highest BCUT2D eigenvalue weighted by atomic mass is 32.1. The van der Waals surface area contributed by atoms with Crippen LogP contribution in [-0.4, -0.2) is 4.98 Å². The van der Waals surface area contributed by atoms with Gasteiger partial charge in [0.05, 0.1) is 5.01 Å². The van der Waals surface area contributed by atoms with Gasteiger partial charge in [-0.05, 0) is 24.8 Å². The number of aromatic nitrogens is 1. The molecule has 1 fully saturated rings. The number of hydrogen-bond acceptors (Lipinski definition) is 2. The van der Waals surface area contributed by atoms with Crippen molar-refractivity contribution < 1.29 is 0 Å². The van der Waals surface area contributed by atoms with Crippen molar-refractivity contribution >= 4 is 17.4 Å². The number of nitrogens with zero attached hydrogens (tertiary/aromatic N) is 1. The van der Waals surface area contributed by atoms with Crippen molar-refractivity contribution in [2.24, 2.45) is 5.92 Å². The quantitative estimate of drug-likeness (QED) is 0.717. The second kappa shape index (κ2) is 3.50. The number of hydrogen-bond donors (Lipinski definition) is 0. The van der Waals surface area contributed by atoms with Crippen LogP contribution in [0.2, 0.25) is 0 Å². The monoisotopic (exact) mass is 207 g/mol. The van der Waals surface area contributed by atoms with Crippen molar-refractivity contribution in [1.29, 1.82) is 0 Å². The maximum Gasteiger partial charge on any atom is 0.0984 e. The molecule has 0 aliphatic heterocycles. The first-order valence-electron chi connectivity index (χ1n) is 5.20. The molecule has 1 aromatic rings. The molecular formula is C12H17NS. The molecule has 2 heteroatoms. The van der Waals surface area contributed by atoms with Gasteiger partial charge in [-0.25, -0.2) is 4.98 Å². The van der Waals surface area contributed by atoms with E-state index in [9.17, 15) is 0 Å². The van der Waals surface area contributed by atoms with Crippen molar-refractivity contribution in [3.63, 3.8) is 0 Å². The van der Waals surface area contributed by atoms with E-state index in [1.54, 1.807) is 0 Å². The van der Waals surface area contributed by atoms with Gasteiger partial charge in [0.25, 0.3) is 0 Å². The molecule has 1 aliphatic rings. The summed E-state index contributed by atoms with van der Waals surface area (Å²) < 4.78 is 0. The fourth-order valence-electron chi connectivity index (χ4n) is 1.23. The Kier molecular flexibility index (Phi) is 2.48. The van der Waals surface area contributed by atoms with Crippen LogP contribution in [0.1, 0.15) is 43.5 Å². The van der Waals surface area contributed by atoms with E-state index in [0.717, 1.165) is 5.92 Å². The van der Waals surface area contributed by atoms with Gasteiger partial charge in [-0.1, -0.05) is 26.8 Å². The van der Waals surface area contributed by atoms with E-state index in [-0.39, 0.29) is 5.41 Å². The Hall–Kier alpha value is -0.630. The van der Waals surface area contributed by atoms with E-state index in [2.05, 4.69) is 37.9 Å². The standard InChI is InChI=1S/C12H17NS/c1-12(2,3)11-13-8-10(14-11)7-6-9-4-5-9/h6-9H,4-5H2,1-3H3/b7-6+. The molecule has 0 saturated heterocycles. The molecule has 1 aliphatic carbocycles. The van der Waals surface area contributed by atoms with Crippen LogP contribution in [0.4, 0.5) is 0 Å². The summed E-state index contributed by atoms with van der Waals surface area (Å²) in [6, 6.07) is 0. The molecule has 0 spiro atoms. The Morgan fingerprint density at radius 3 is 2.64 bits per heavy atom. The zero-order valence-corrected chi connectivity index (χ0v) is 9.90. The fourth-order valence-corrected chi connectivity index (χ4v) is 2.12. The van der Waals surface area contributed by atoms with Crippen LogP contribution in [0.3, 0.4) is 0 Å². The Bertz CT molecular complexity index is 339. The summed E-state index contributed by atoms with van der Waals surface area (Å²) in [4.78, 5) is 5.75. The smallest absolute Gasteiger partial charge is 0.0984 e. The zero-order valence-electron chi connectivity index (χ0n) is 9.08. The van der Waals surface area contributed by atoms with E-state index in [1.165, 1.54) is 22.7 Å². The molecule has 0 bridgehead atoms. The van der Waals surface area contributed by atoms with Gasteiger partial charge < -0.3 is 0 Å². The van der Waals surface area contributed by atoms with Crippen LogP contribution in [0.15, 0.2) is 12.3 Å². The first-order chi connectivity index (χ1) is 6.55. The Balaban J connectivity index is 2.09. The van der Waals surface area contributed by atoms with Crippen molar-refractivity contribution in [2.45, 2.75) is 39.0 Å². The minimum atomic E-state index is 0.191. The van der Waals surface area contributed by atoms with Crippen LogP contribution in [0.25, 0.3) is 6.08 Å². The summed E-state index contributed by atoms with van der Waals surface area (Å²) in [5, 5.41) is 1.23. The Morgan fingerprint density at radius 1 is 1.43 bits per heavy atom. The number of rotatable bonds is 2. The van der Waals surface area contributed by atoms with Gasteiger partial charge in [0, 0.05) is 16.5 Å². The molecule has 0 N–H and O–H groups in total. The maximum absolute atomic E-state index is 4.45. The molecule has 2 rings (SSSR count). The average Bonchev–Trinajstić information content (AvgIpc) is 2.77. The van der Waals surface area contributed by atoms with Crippen LogP contribution in [0.5, 0.6) is 0 Å². The number of thiazole rings is 1. The highest BCUT2D eigenvalue weighted by molar-refractivity contribution is 7.12. The summed E-state index contributed by atoms with van der Waals surface area (Å²) in [7, 11) is 0. The molecule has 1 saturated carbocycles. The Morgan fingerprint density at radius 2 is 2.14 bits per heavy atom. The molecule has 0 unspecified atom stereocenters. The van der Waals surface area contributed by atoms with Crippen LogP contribution in [-0.2, 0) is 5.41 Å². The first kappa shape index (κ1) is 9.91. The first-order valence-corrected chi connectivity index (χ1v) is 6.02. The Labute approximate surface area is 89.9 Å². The largest absolute Gasteiger partial charge is 0.248 e. The molecular weight excluding hydrogens is 190 g/mol. The van der Waals surface area contributed by atoms with E-state index in [4.69, 9.17) is 0 Å². The molecule has 1 heterocycles. The minimum Gasteiger partial charge on any atom is -0.248 e. The topological polar surface area (TPSA) is 12.9 Å². The second-order valence-electron chi connectivity index (χ2n) is 5.01. The van der Waals surface area contributed by atoms with Crippen LogP contribution in [0, 0.1) is 5.92 Å². The predicted molar refractivity (Wildman–Crippen MR) is 62.6 cm³/mol. The lowest BCUT2D eigenvalue weighted by Crippen LogP contribution is -2.09. The summed E-state index contributed by atoms with van der Waals surface area (Å²) in [6.07, 6.45) is 9.29. The van der Waals surface area contributed by atoms with Gasteiger partial charge in [-0.3, -0.25) is 0 Å². The molecule has 0 atom stereocenters. The van der Waals surface area contributed by atoms with Gasteiger partial charge in [0.15, 0.2) is 0 Å². The van der Waals surface area contributed by atoms with Crippen LogP contribution >= 0.6 is 11.3 Å². The van der Waals surface area contributed by atoms with E-state index < -0.39 is 0 Å². The lowest BCUT2D eigenvalue weighted by atomic mass is 9.98. The van der Waals surface area contributed by atoms with Crippen molar-refractivity contribution in [1.82, 2.24) is 4.98 Å². The maximum atomic E-state index is 4.45. The van der Waals surface area contributed by atoms with Crippen LogP contribution < -0.4 is 0 Å². The van der Waals surface area contributed by atoms with Gasteiger partial charge in [-0.2, -0.15) is 0 Å². The summed E-state index contributed by atoms with van der Waals surface area (Å²) >= 11 is 1.81. The van der Waals surface area contributed by atoms with Crippen molar-refractivity contribution in [3.8, 4) is 0 Å². The minimum absolute atomic E-state index is 0.191. The summed E-state index contributed by atoms with van der Waals surface area (Å²) in [5.41, 5.74) is 0.191. The second-order valence-corrected chi connectivity index (χ2v) is 6.08. The zero-order chi connectivity index (χ0) is 10.2. The number of allylic oxidation sites excluding steroid dienone is 1. The van der Waals surface area contributed by atoms with E-state index in [0.29, 0.717) is 0 Å². The van der Waals surface area contributed by atoms with Crippen molar-refractivity contribution in [3.05, 3.63) is 22.2 Å². The molecule has 1 nitrogen and oxygen atoms in total. The summed E-state index contributed by atoms with van der Waals surface area (Å²) in [5.74, 6) is 0.857. The third-order valence-electron chi connectivity index (χ3n) is 2.32. The lowest BCUT2D eigenvalue weighted by Gasteiger charge is -2.13. The van der Waals surface area contributed by atoms with Gasteiger partial charge in [0.2, 0.25) is 0 Å². The SMILES string of the molecule is CC(C)(C)c1ncc(/C=C/C2CC2)s1. The molecule has 76 valence electrons. The molecule has 0 aromatic carbocycles. The predicted octanol–water partition coefficient (Wildman–Crippen LogP) is 3.86. The average molecular weight is 207 g/mol. The summed E-state index contributed by atoms with van der Waals surface area (Å²) in [6.45, 7) is 6.63. The van der Waals surface area contributed by atoms with E-state index >= 15 is 0 Å². The molecule has 0 radical (unpaired) electrons. The molecule has 0 amide bonds. The lowest BCUT2D eigenvalue weighted by molar-refractivity contribution is 0.585. The normalized spacial score (nSPS) is 17.9. The highest BCUT2D eigenvalue weighted by Crippen LogP contribution is 2.32. The van der Waals surface area contributed by atoms with Gasteiger partial charge >= 0.3 is 0 Å². The highest BCUT2D eigenvalue weighted by Gasteiger charge is 2.19.